The highest BCUT2D eigenvalue weighted by Crippen LogP contribution is 2.47. The zero-order chi connectivity index (χ0) is 14.8. The Morgan fingerprint density at radius 2 is 1.36 bits per heavy atom. The first-order valence-corrected chi connectivity index (χ1v) is 8.87. The molecule has 0 spiro atoms. The van der Waals surface area contributed by atoms with E-state index in [1.807, 2.05) is 0 Å². The predicted molar refractivity (Wildman–Crippen MR) is 93.0 cm³/mol. The van der Waals surface area contributed by atoms with Crippen LogP contribution in [0, 0.1) is 0 Å². The summed E-state index contributed by atoms with van der Waals surface area (Å²) in [5.41, 5.74) is 6.55. The van der Waals surface area contributed by atoms with Gasteiger partial charge in [0.1, 0.15) is 0 Å². The van der Waals surface area contributed by atoms with Crippen LogP contribution in [0.3, 0.4) is 0 Å². The van der Waals surface area contributed by atoms with E-state index in [2.05, 4.69) is 42.5 Å². The monoisotopic (exact) mass is 290 g/mol. The number of fused-ring (bicyclic) bond motifs is 3. The Morgan fingerprint density at radius 3 is 2.18 bits per heavy atom. The highest BCUT2D eigenvalue weighted by atomic mass is 14.9. The van der Waals surface area contributed by atoms with Crippen LogP contribution in [0.5, 0.6) is 0 Å². The van der Waals surface area contributed by atoms with Crippen molar-refractivity contribution in [2.75, 3.05) is 0 Å². The van der Waals surface area contributed by atoms with E-state index in [1.165, 1.54) is 73.7 Å². The number of hydrogen-bond donors (Lipinski definition) is 0. The molecule has 0 bridgehead atoms. The molecule has 0 saturated heterocycles. The first kappa shape index (κ1) is 13.9. The van der Waals surface area contributed by atoms with E-state index in [0.717, 1.165) is 5.69 Å². The van der Waals surface area contributed by atoms with E-state index in [-0.39, 0.29) is 0 Å². The molecule has 4 rings (SSSR count). The van der Waals surface area contributed by atoms with Crippen molar-refractivity contribution < 1.29 is 0 Å². The van der Waals surface area contributed by atoms with Gasteiger partial charge in [-0.05, 0) is 30.4 Å². The molecule has 0 aromatic heterocycles. The summed E-state index contributed by atoms with van der Waals surface area (Å²) in [5, 5.41) is 4.97. The average Bonchev–Trinajstić information content (AvgIpc) is 2.99. The largest absolute Gasteiger partial charge is 0.247 e. The molecule has 0 amide bonds. The van der Waals surface area contributed by atoms with Gasteiger partial charge in [-0.2, -0.15) is 0 Å². The molecule has 1 saturated carbocycles. The van der Waals surface area contributed by atoms with E-state index < -0.39 is 0 Å². The molecular formula is C21H24N. The van der Waals surface area contributed by atoms with Gasteiger partial charge in [0.25, 0.3) is 0 Å². The van der Waals surface area contributed by atoms with Gasteiger partial charge in [-0.1, -0.05) is 74.9 Å². The maximum atomic E-state index is 4.97. The molecule has 1 aliphatic heterocycles. The molecular weight excluding hydrogens is 266 g/mol. The average molecular weight is 290 g/mol. The van der Waals surface area contributed by atoms with Crippen LogP contribution in [0.4, 0.5) is 11.4 Å². The molecule has 1 nitrogen and oxygen atoms in total. The molecule has 1 heteroatoms. The van der Waals surface area contributed by atoms with Crippen LogP contribution in [-0.2, 0) is 0 Å². The van der Waals surface area contributed by atoms with Crippen molar-refractivity contribution in [1.82, 2.24) is 5.32 Å². The minimum Gasteiger partial charge on any atom is -0.247 e. The van der Waals surface area contributed by atoms with Crippen LogP contribution in [0.2, 0.25) is 0 Å². The van der Waals surface area contributed by atoms with Crippen LogP contribution < -0.4 is 5.32 Å². The highest BCUT2D eigenvalue weighted by molar-refractivity contribution is 5.92. The molecule has 113 valence electrons. The Kier molecular flexibility index (Phi) is 3.88. The smallest absolute Gasteiger partial charge is 0.0751 e. The van der Waals surface area contributed by atoms with E-state index in [4.69, 9.17) is 5.32 Å². The number of nitrogens with zero attached hydrogens (tertiary/aromatic N) is 1. The SMILES string of the molecule is c1ccc2c(c1)[N]c1c-2cccc1C1CCCCCCCC1. The molecule has 0 atom stereocenters. The zero-order valence-electron chi connectivity index (χ0n) is 13.2. The first-order chi connectivity index (χ1) is 10.9. The lowest BCUT2D eigenvalue weighted by Crippen LogP contribution is -2.02. The van der Waals surface area contributed by atoms with Crippen LogP contribution in [0.1, 0.15) is 62.8 Å². The summed E-state index contributed by atoms with van der Waals surface area (Å²) in [6.45, 7) is 0. The van der Waals surface area contributed by atoms with Crippen molar-refractivity contribution in [2.45, 2.75) is 57.3 Å². The fraction of sp³-hybridized carbons (Fsp3) is 0.429. The highest BCUT2D eigenvalue weighted by Gasteiger charge is 2.25. The van der Waals surface area contributed by atoms with Crippen molar-refractivity contribution in [3.05, 3.63) is 48.0 Å². The normalized spacial score (nSPS) is 18.5. The fourth-order valence-corrected chi connectivity index (χ4v) is 4.10. The summed E-state index contributed by atoms with van der Waals surface area (Å²) in [6.07, 6.45) is 11.1. The maximum absolute atomic E-state index is 4.97. The topological polar surface area (TPSA) is 14.1 Å². The molecule has 1 heterocycles. The third-order valence-corrected chi connectivity index (χ3v) is 5.29. The number of benzene rings is 2. The molecule has 0 N–H and O–H groups in total. The lowest BCUT2D eigenvalue weighted by Gasteiger charge is -2.19. The van der Waals surface area contributed by atoms with Gasteiger partial charge >= 0.3 is 0 Å². The Labute approximate surface area is 133 Å². The van der Waals surface area contributed by atoms with Gasteiger partial charge in [-0.25, -0.2) is 5.32 Å². The van der Waals surface area contributed by atoms with E-state index in [0.29, 0.717) is 5.92 Å². The number of rotatable bonds is 1. The number of para-hydroxylation sites is 2. The second-order valence-electron chi connectivity index (χ2n) is 6.77. The molecule has 2 aliphatic rings. The van der Waals surface area contributed by atoms with Gasteiger partial charge in [-0.15, -0.1) is 0 Å². The second kappa shape index (κ2) is 6.16. The van der Waals surface area contributed by atoms with Gasteiger partial charge in [0.15, 0.2) is 0 Å². The van der Waals surface area contributed by atoms with Crippen molar-refractivity contribution >= 4 is 11.4 Å². The molecule has 1 aliphatic carbocycles. The Bertz CT molecular complexity index is 649. The second-order valence-corrected chi connectivity index (χ2v) is 6.77. The molecule has 22 heavy (non-hydrogen) atoms. The lowest BCUT2D eigenvalue weighted by molar-refractivity contribution is 0.539. The van der Waals surface area contributed by atoms with Crippen LogP contribution in [0.25, 0.3) is 11.1 Å². The standard InChI is InChI=1S/C21H24N/c1-2-4-6-11-16(10-5-3-1)17-13-9-14-19-18-12-7-8-15-20(18)22-21(17)19/h7-9,12-16H,1-6,10-11H2. The zero-order valence-corrected chi connectivity index (χ0v) is 13.2. The molecule has 1 radical (unpaired) electrons. The minimum atomic E-state index is 0.700. The first-order valence-electron chi connectivity index (χ1n) is 8.87. The summed E-state index contributed by atoms with van der Waals surface area (Å²) >= 11 is 0. The van der Waals surface area contributed by atoms with Gasteiger partial charge in [0.05, 0.1) is 11.4 Å². The van der Waals surface area contributed by atoms with E-state index in [1.54, 1.807) is 0 Å². The maximum Gasteiger partial charge on any atom is 0.0751 e. The number of hydrogen-bond acceptors (Lipinski definition) is 0. The van der Waals surface area contributed by atoms with Gasteiger partial charge in [-0.3, -0.25) is 0 Å². The van der Waals surface area contributed by atoms with Crippen molar-refractivity contribution in [3.8, 4) is 11.1 Å². The van der Waals surface area contributed by atoms with E-state index in [9.17, 15) is 0 Å². The third-order valence-electron chi connectivity index (χ3n) is 5.29. The Hall–Kier alpha value is -1.76. The van der Waals surface area contributed by atoms with Gasteiger partial charge in [0, 0.05) is 11.1 Å². The summed E-state index contributed by atoms with van der Waals surface area (Å²) in [7, 11) is 0. The summed E-state index contributed by atoms with van der Waals surface area (Å²) in [5.74, 6) is 0.700. The molecule has 2 aromatic carbocycles. The third kappa shape index (κ3) is 2.54. The fourth-order valence-electron chi connectivity index (χ4n) is 4.10. The Balaban J connectivity index is 1.68. The summed E-state index contributed by atoms with van der Waals surface area (Å²) in [6, 6.07) is 15.4. The Morgan fingerprint density at radius 1 is 0.682 bits per heavy atom. The molecule has 2 aromatic rings. The summed E-state index contributed by atoms with van der Waals surface area (Å²) < 4.78 is 0. The quantitative estimate of drug-likeness (QED) is 0.489. The van der Waals surface area contributed by atoms with Crippen molar-refractivity contribution in [2.24, 2.45) is 0 Å². The molecule has 0 unspecified atom stereocenters. The van der Waals surface area contributed by atoms with Crippen LogP contribution in [0.15, 0.2) is 42.5 Å². The summed E-state index contributed by atoms with van der Waals surface area (Å²) in [4.78, 5) is 0. The van der Waals surface area contributed by atoms with E-state index >= 15 is 0 Å². The van der Waals surface area contributed by atoms with Gasteiger partial charge in [0.2, 0.25) is 0 Å². The van der Waals surface area contributed by atoms with Crippen molar-refractivity contribution in [3.63, 3.8) is 0 Å². The van der Waals surface area contributed by atoms with Crippen LogP contribution in [-0.4, -0.2) is 0 Å². The van der Waals surface area contributed by atoms with Crippen LogP contribution >= 0.6 is 0 Å². The molecule has 1 fully saturated rings. The lowest BCUT2D eigenvalue weighted by atomic mass is 9.87. The van der Waals surface area contributed by atoms with Gasteiger partial charge < -0.3 is 0 Å². The van der Waals surface area contributed by atoms with Crippen molar-refractivity contribution in [1.29, 1.82) is 0 Å². The minimum absolute atomic E-state index is 0.700. The predicted octanol–water partition coefficient (Wildman–Crippen LogP) is 6.45.